The fourth-order valence-corrected chi connectivity index (χ4v) is 3.56. The minimum atomic E-state index is -0.466. The van der Waals surface area contributed by atoms with E-state index in [9.17, 15) is 18.4 Å². The summed E-state index contributed by atoms with van der Waals surface area (Å²) < 4.78 is 27.7. The Balaban J connectivity index is 1.55. The van der Waals surface area contributed by atoms with E-state index in [1.165, 1.54) is 12.1 Å². The van der Waals surface area contributed by atoms with Crippen LogP contribution in [0.5, 0.6) is 0 Å². The lowest BCUT2D eigenvalue weighted by Gasteiger charge is -2.27. The molecule has 1 aliphatic carbocycles. The van der Waals surface area contributed by atoms with Crippen LogP contribution in [0.15, 0.2) is 36.4 Å². The van der Waals surface area contributed by atoms with Gasteiger partial charge >= 0.3 is 0 Å². The first-order valence-electron chi connectivity index (χ1n) is 9.47. The van der Waals surface area contributed by atoms with Gasteiger partial charge < -0.3 is 10.6 Å². The van der Waals surface area contributed by atoms with Gasteiger partial charge in [0.15, 0.2) is 0 Å². The highest BCUT2D eigenvalue weighted by molar-refractivity contribution is 5.94. The molecule has 1 saturated carbocycles. The molecule has 2 aromatic rings. The molecule has 28 heavy (non-hydrogen) atoms. The summed E-state index contributed by atoms with van der Waals surface area (Å²) in [5, 5.41) is 5.31. The molecule has 0 saturated heterocycles. The SMILES string of the molecule is Cc1ccc(F)c(NC(=O)C2CCC(C(=O)Nc3cc(C)ccc3F)CC2)c1. The highest BCUT2D eigenvalue weighted by atomic mass is 19.1. The summed E-state index contributed by atoms with van der Waals surface area (Å²) in [5.74, 6) is -1.92. The number of hydrogen-bond donors (Lipinski definition) is 2. The van der Waals surface area contributed by atoms with E-state index in [2.05, 4.69) is 10.6 Å². The fourth-order valence-electron chi connectivity index (χ4n) is 3.56. The van der Waals surface area contributed by atoms with Crippen LogP contribution >= 0.6 is 0 Å². The number of amides is 2. The minimum Gasteiger partial charge on any atom is -0.323 e. The van der Waals surface area contributed by atoms with E-state index in [-0.39, 0.29) is 35.0 Å². The fraction of sp³-hybridized carbons (Fsp3) is 0.364. The Labute approximate surface area is 163 Å². The number of benzene rings is 2. The third-order valence-electron chi connectivity index (χ3n) is 5.23. The molecule has 6 heteroatoms. The summed E-state index contributed by atoms with van der Waals surface area (Å²) in [5.41, 5.74) is 2.08. The molecule has 0 unspecified atom stereocenters. The largest absolute Gasteiger partial charge is 0.323 e. The molecular formula is C22H24F2N2O2. The molecule has 0 radical (unpaired) electrons. The van der Waals surface area contributed by atoms with Crippen LogP contribution in [0.4, 0.5) is 20.2 Å². The van der Waals surface area contributed by atoms with Crippen molar-refractivity contribution in [3.05, 3.63) is 59.2 Å². The monoisotopic (exact) mass is 386 g/mol. The second-order valence-corrected chi connectivity index (χ2v) is 7.49. The van der Waals surface area contributed by atoms with E-state index in [4.69, 9.17) is 0 Å². The summed E-state index contributed by atoms with van der Waals surface area (Å²) in [4.78, 5) is 24.9. The van der Waals surface area contributed by atoms with Crippen LogP contribution in [0, 0.1) is 37.3 Å². The van der Waals surface area contributed by atoms with Crippen LogP contribution in [0.3, 0.4) is 0 Å². The first-order valence-corrected chi connectivity index (χ1v) is 9.47. The lowest BCUT2D eigenvalue weighted by molar-refractivity contribution is -0.125. The van der Waals surface area contributed by atoms with Crippen LogP contribution in [0.2, 0.25) is 0 Å². The van der Waals surface area contributed by atoms with E-state index < -0.39 is 11.6 Å². The summed E-state index contributed by atoms with van der Waals surface area (Å²) >= 11 is 0. The van der Waals surface area contributed by atoms with E-state index >= 15 is 0 Å². The van der Waals surface area contributed by atoms with Gasteiger partial charge in [0, 0.05) is 11.8 Å². The van der Waals surface area contributed by atoms with Gasteiger partial charge in [-0.25, -0.2) is 8.78 Å². The lowest BCUT2D eigenvalue weighted by Crippen LogP contribution is -2.32. The van der Waals surface area contributed by atoms with Crippen molar-refractivity contribution < 1.29 is 18.4 Å². The number of rotatable bonds is 4. The standard InChI is InChI=1S/C22H24F2N2O2/c1-13-3-9-17(23)19(11-13)25-21(27)15-5-7-16(8-6-15)22(28)26-20-12-14(2)4-10-18(20)24/h3-4,9-12,15-16H,5-8H2,1-2H3,(H,25,27)(H,26,28). The summed E-state index contributed by atoms with van der Waals surface area (Å²) in [6.07, 6.45) is 2.14. The third-order valence-corrected chi connectivity index (χ3v) is 5.23. The van der Waals surface area contributed by atoms with Crippen LogP contribution < -0.4 is 10.6 Å². The molecule has 3 rings (SSSR count). The van der Waals surface area contributed by atoms with Gasteiger partial charge in [-0.1, -0.05) is 12.1 Å². The zero-order chi connectivity index (χ0) is 20.3. The number of carbonyl (C=O) groups is 2. The Bertz CT molecular complexity index is 817. The summed E-state index contributed by atoms with van der Waals surface area (Å²) in [6.45, 7) is 3.66. The first kappa shape index (κ1) is 20.0. The normalized spacial score (nSPS) is 19.1. The maximum atomic E-state index is 13.8. The number of carbonyl (C=O) groups excluding carboxylic acids is 2. The number of anilines is 2. The molecule has 0 heterocycles. The van der Waals surface area contributed by atoms with Gasteiger partial charge in [0.25, 0.3) is 0 Å². The molecular weight excluding hydrogens is 362 g/mol. The minimum absolute atomic E-state index is 0.180. The molecule has 0 atom stereocenters. The highest BCUT2D eigenvalue weighted by Crippen LogP contribution is 2.31. The Kier molecular flexibility index (Phi) is 6.07. The van der Waals surface area contributed by atoms with Crippen molar-refractivity contribution in [2.75, 3.05) is 10.6 Å². The van der Waals surface area contributed by atoms with Crippen LogP contribution in [-0.2, 0) is 9.59 Å². The molecule has 2 aromatic carbocycles. The van der Waals surface area contributed by atoms with Gasteiger partial charge in [0.05, 0.1) is 11.4 Å². The Morgan fingerprint density at radius 1 is 0.750 bits per heavy atom. The van der Waals surface area contributed by atoms with E-state index in [0.29, 0.717) is 25.7 Å². The molecule has 2 amide bonds. The molecule has 0 aromatic heterocycles. The quantitative estimate of drug-likeness (QED) is 0.780. The van der Waals surface area contributed by atoms with Gasteiger partial charge in [-0.3, -0.25) is 9.59 Å². The number of nitrogens with one attached hydrogen (secondary N) is 2. The zero-order valence-corrected chi connectivity index (χ0v) is 16.0. The third kappa shape index (κ3) is 4.74. The zero-order valence-electron chi connectivity index (χ0n) is 16.0. The van der Waals surface area contributed by atoms with Crippen molar-refractivity contribution >= 4 is 23.2 Å². The maximum Gasteiger partial charge on any atom is 0.227 e. The average molecular weight is 386 g/mol. The second kappa shape index (κ2) is 8.50. The van der Waals surface area contributed by atoms with Gasteiger partial charge in [-0.05, 0) is 74.9 Å². The number of hydrogen-bond acceptors (Lipinski definition) is 2. The average Bonchev–Trinajstić information content (AvgIpc) is 2.67. The number of halogens is 2. The van der Waals surface area contributed by atoms with E-state index in [0.717, 1.165) is 11.1 Å². The van der Waals surface area contributed by atoms with Gasteiger partial charge in [-0.15, -0.1) is 0 Å². The Morgan fingerprint density at radius 3 is 1.46 bits per heavy atom. The van der Waals surface area contributed by atoms with Crippen LogP contribution in [0.1, 0.15) is 36.8 Å². The van der Waals surface area contributed by atoms with Crippen molar-refractivity contribution in [1.29, 1.82) is 0 Å². The summed E-state index contributed by atoms with van der Waals surface area (Å²) in [6, 6.07) is 9.15. The van der Waals surface area contributed by atoms with Crippen LogP contribution in [0.25, 0.3) is 0 Å². The van der Waals surface area contributed by atoms with Gasteiger partial charge in [0.2, 0.25) is 11.8 Å². The predicted molar refractivity (Wildman–Crippen MR) is 105 cm³/mol. The topological polar surface area (TPSA) is 58.2 Å². The molecule has 148 valence electrons. The van der Waals surface area contributed by atoms with Crippen molar-refractivity contribution in [3.8, 4) is 0 Å². The molecule has 2 N–H and O–H groups in total. The smallest absolute Gasteiger partial charge is 0.227 e. The van der Waals surface area contributed by atoms with E-state index in [1.54, 1.807) is 24.3 Å². The summed E-state index contributed by atoms with van der Waals surface area (Å²) in [7, 11) is 0. The van der Waals surface area contributed by atoms with Crippen LogP contribution in [-0.4, -0.2) is 11.8 Å². The van der Waals surface area contributed by atoms with Crippen molar-refractivity contribution in [2.45, 2.75) is 39.5 Å². The molecule has 1 fully saturated rings. The second-order valence-electron chi connectivity index (χ2n) is 7.49. The number of aryl methyl sites for hydroxylation is 2. The molecule has 1 aliphatic rings. The first-order chi connectivity index (χ1) is 13.3. The Morgan fingerprint density at radius 2 is 1.11 bits per heavy atom. The predicted octanol–water partition coefficient (Wildman–Crippen LogP) is 4.97. The Hall–Kier alpha value is -2.76. The van der Waals surface area contributed by atoms with Crippen molar-refractivity contribution in [2.24, 2.45) is 11.8 Å². The lowest BCUT2D eigenvalue weighted by atomic mass is 9.81. The molecule has 4 nitrogen and oxygen atoms in total. The molecule has 0 bridgehead atoms. The van der Waals surface area contributed by atoms with Crippen molar-refractivity contribution in [1.82, 2.24) is 0 Å². The van der Waals surface area contributed by atoms with Crippen molar-refractivity contribution in [3.63, 3.8) is 0 Å². The maximum absolute atomic E-state index is 13.8. The molecule has 0 aliphatic heterocycles. The highest BCUT2D eigenvalue weighted by Gasteiger charge is 2.30. The van der Waals surface area contributed by atoms with E-state index in [1.807, 2.05) is 13.8 Å². The van der Waals surface area contributed by atoms with Gasteiger partial charge in [-0.2, -0.15) is 0 Å². The van der Waals surface area contributed by atoms with Gasteiger partial charge in [0.1, 0.15) is 11.6 Å². The molecule has 0 spiro atoms.